The van der Waals surface area contributed by atoms with Gasteiger partial charge in [-0.1, -0.05) is 0 Å². The first-order valence-corrected chi connectivity index (χ1v) is 6.98. The molecule has 0 aromatic heterocycles. The first-order valence-electron chi connectivity index (χ1n) is 5.10. The third kappa shape index (κ3) is 2.43. The first kappa shape index (κ1) is 13.1. The van der Waals surface area contributed by atoms with Crippen LogP contribution in [0.3, 0.4) is 0 Å². The van der Waals surface area contributed by atoms with Gasteiger partial charge in [0.15, 0.2) is 0 Å². The van der Waals surface area contributed by atoms with E-state index in [1.165, 1.54) is 17.0 Å². The average Bonchev–Trinajstić information content (AvgIpc) is 2.55. The summed E-state index contributed by atoms with van der Waals surface area (Å²) >= 11 is 5.85. The molecule has 0 radical (unpaired) electrons. The molecule has 1 saturated heterocycles. The van der Waals surface area contributed by atoms with E-state index < -0.39 is 10.1 Å². The third-order valence-electron chi connectivity index (χ3n) is 2.63. The van der Waals surface area contributed by atoms with Gasteiger partial charge in [0.05, 0.1) is 11.1 Å². The largest absolute Gasteiger partial charge is 0.399 e. The predicted octanol–water partition coefficient (Wildman–Crippen LogP) is 0.860. The molecule has 1 atom stereocenters. The Kier molecular flexibility index (Phi) is 3.22. The van der Waals surface area contributed by atoms with Gasteiger partial charge in [-0.3, -0.25) is 9.35 Å². The molecular weight excluding hydrogens is 280 g/mol. The number of carbonyl (C=O) groups is 1. The predicted molar refractivity (Wildman–Crippen MR) is 67.3 cm³/mol. The van der Waals surface area contributed by atoms with Crippen LogP contribution in [0.15, 0.2) is 23.1 Å². The van der Waals surface area contributed by atoms with Gasteiger partial charge in [-0.15, -0.1) is 11.6 Å². The SMILES string of the molecule is Nc1ccc(S(=O)(=O)O)c(N2CC(Cl)CC2=O)c1. The van der Waals surface area contributed by atoms with Crippen molar-refractivity contribution < 1.29 is 17.8 Å². The Labute approximate surface area is 109 Å². The summed E-state index contributed by atoms with van der Waals surface area (Å²) in [6, 6.07) is 3.83. The van der Waals surface area contributed by atoms with Crippen LogP contribution in [-0.4, -0.2) is 30.8 Å². The highest BCUT2D eigenvalue weighted by atomic mass is 35.5. The van der Waals surface area contributed by atoms with E-state index in [0.29, 0.717) is 5.69 Å². The zero-order valence-electron chi connectivity index (χ0n) is 9.21. The normalized spacial score (nSPS) is 20.4. The minimum absolute atomic E-state index is 0.0608. The van der Waals surface area contributed by atoms with Gasteiger partial charge < -0.3 is 10.6 Å². The Balaban J connectivity index is 2.56. The summed E-state index contributed by atoms with van der Waals surface area (Å²) in [6.45, 7) is 0.187. The van der Waals surface area contributed by atoms with E-state index in [-0.39, 0.29) is 34.8 Å². The van der Waals surface area contributed by atoms with Crippen molar-refractivity contribution in [3.63, 3.8) is 0 Å². The fraction of sp³-hybridized carbons (Fsp3) is 0.300. The van der Waals surface area contributed by atoms with Crippen LogP contribution in [0.2, 0.25) is 0 Å². The summed E-state index contributed by atoms with van der Waals surface area (Å²) in [5, 5.41) is -0.381. The summed E-state index contributed by atoms with van der Waals surface area (Å²) in [4.78, 5) is 12.6. The summed E-state index contributed by atoms with van der Waals surface area (Å²) in [6.07, 6.45) is 0.126. The standard InChI is InChI=1S/C10H11ClN2O4S/c11-6-3-10(14)13(5-6)8-4-7(12)1-2-9(8)18(15,16)17/h1-2,4,6H,3,5,12H2,(H,15,16,17). The molecule has 0 saturated carbocycles. The molecule has 3 N–H and O–H groups in total. The molecule has 6 nitrogen and oxygen atoms in total. The minimum atomic E-state index is -4.42. The molecule has 0 spiro atoms. The number of alkyl halides is 1. The van der Waals surface area contributed by atoms with E-state index >= 15 is 0 Å². The lowest BCUT2D eigenvalue weighted by atomic mass is 10.2. The molecule has 2 rings (SSSR count). The van der Waals surface area contributed by atoms with Crippen molar-refractivity contribution in [2.45, 2.75) is 16.7 Å². The average molecular weight is 291 g/mol. The quantitative estimate of drug-likeness (QED) is 0.478. The maximum atomic E-state index is 11.7. The van der Waals surface area contributed by atoms with Crippen molar-refractivity contribution in [3.8, 4) is 0 Å². The number of halogens is 1. The molecule has 1 fully saturated rings. The van der Waals surface area contributed by atoms with Crippen LogP contribution in [0.4, 0.5) is 11.4 Å². The number of nitrogens with zero attached hydrogens (tertiary/aromatic N) is 1. The Hall–Kier alpha value is -1.31. The van der Waals surface area contributed by atoms with Gasteiger partial charge in [0.25, 0.3) is 10.1 Å². The van der Waals surface area contributed by atoms with E-state index in [1.54, 1.807) is 0 Å². The first-order chi connectivity index (χ1) is 8.29. The lowest BCUT2D eigenvalue weighted by Gasteiger charge is -2.19. The number of nitrogens with two attached hydrogens (primary N) is 1. The van der Waals surface area contributed by atoms with Gasteiger partial charge in [-0.05, 0) is 18.2 Å². The highest BCUT2D eigenvalue weighted by molar-refractivity contribution is 7.86. The van der Waals surface area contributed by atoms with Crippen LogP contribution in [-0.2, 0) is 14.9 Å². The van der Waals surface area contributed by atoms with Crippen LogP contribution in [0.5, 0.6) is 0 Å². The monoisotopic (exact) mass is 290 g/mol. The number of rotatable bonds is 2. The second-order valence-electron chi connectivity index (χ2n) is 4.01. The second-order valence-corrected chi connectivity index (χ2v) is 6.02. The Morgan fingerprint density at radius 2 is 2.11 bits per heavy atom. The van der Waals surface area contributed by atoms with E-state index in [4.69, 9.17) is 21.9 Å². The van der Waals surface area contributed by atoms with E-state index in [2.05, 4.69) is 0 Å². The minimum Gasteiger partial charge on any atom is -0.399 e. The van der Waals surface area contributed by atoms with Crippen LogP contribution in [0.1, 0.15) is 6.42 Å². The van der Waals surface area contributed by atoms with Gasteiger partial charge in [0.1, 0.15) is 4.90 Å². The Bertz CT molecular complexity index is 602. The molecule has 1 heterocycles. The molecule has 18 heavy (non-hydrogen) atoms. The van der Waals surface area contributed by atoms with Gasteiger partial charge in [-0.2, -0.15) is 8.42 Å². The van der Waals surface area contributed by atoms with Crippen molar-refractivity contribution >= 4 is 39.0 Å². The van der Waals surface area contributed by atoms with Crippen molar-refractivity contribution in [1.29, 1.82) is 0 Å². The molecule has 1 aliphatic heterocycles. The van der Waals surface area contributed by atoms with Crippen molar-refractivity contribution in [2.24, 2.45) is 0 Å². The zero-order valence-corrected chi connectivity index (χ0v) is 10.8. The number of hydrogen-bond donors (Lipinski definition) is 2. The van der Waals surface area contributed by atoms with E-state index in [9.17, 15) is 13.2 Å². The van der Waals surface area contributed by atoms with E-state index in [1.807, 2.05) is 0 Å². The highest BCUT2D eigenvalue weighted by Gasteiger charge is 2.32. The maximum Gasteiger partial charge on any atom is 0.296 e. The Morgan fingerprint density at radius 3 is 2.61 bits per heavy atom. The molecule has 1 amide bonds. The van der Waals surface area contributed by atoms with Gasteiger partial charge in [-0.25, -0.2) is 0 Å². The number of amides is 1. The van der Waals surface area contributed by atoms with Crippen LogP contribution >= 0.6 is 11.6 Å². The highest BCUT2D eigenvalue weighted by Crippen LogP contribution is 2.31. The topological polar surface area (TPSA) is 101 Å². The molecule has 1 aromatic carbocycles. The molecule has 1 aliphatic rings. The number of hydrogen-bond acceptors (Lipinski definition) is 4. The second kappa shape index (κ2) is 4.42. The Morgan fingerprint density at radius 1 is 1.44 bits per heavy atom. The number of carbonyl (C=O) groups excluding carboxylic acids is 1. The fourth-order valence-electron chi connectivity index (χ4n) is 1.86. The van der Waals surface area contributed by atoms with Crippen LogP contribution in [0, 0.1) is 0 Å². The molecule has 8 heteroatoms. The fourth-order valence-corrected chi connectivity index (χ4v) is 2.80. The van der Waals surface area contributed by atoms with Gasteiger partial charge in [0.2, 0.25) is 5.91 Å². The lowest BCUT2D eigenvalue weighted by molar-refractivity contribution is -0.117. The molecule has 0 aliphatic carbocycles. The van der Waals surface area contributed by atoms with Crippen LogP contribution < -0.4 is 10.6 Å². The van der Waals surface area contributed by atoms with Gasteiger partial charge in [0, 0.05) is 18.7 Å². The number of benzene rings is 1. The summed E-state index contributed by atoms with van der Waals surface area (Å²) in [5.74, 6) is -0.300. The van der Waals surface area contributed by atoms with Gasteiger partial charge >= 0.3 is 0 Å². The van der Waals surface area contributed by atoms with Crippen molar-refractivity contribution in [1.82, 2.24) is 0 Å². The van der Waals surface area contributed by atoms with Crippen molar-refractivity contribution in [3.05, 3.63) is 18.2 Å². The smallest absolute Gasteiger partial charge is 0.296 e. The summed E-state index contributed by atoms with van der Waals surface area (Å²) in [5.41, 5.74) is 5.93. The molecule has 98 valence electrons. The molecule has 1 aromatic rings. The number of nitrogen functional groups attached to an aromatic ring is 1. The lowest BCUT2D eigenvalue weighted by Crippen LogP contribution is -2.26. The van der Waals surface area contributed by atoms with Crippen LogP contribution in [0.25, 0.3) is 0 Å². The molecule has 0 bridgehead atoms. The molecule has 1 unspecified atom stereocenters. The van der Waals surface area contributed by atoms with E-state index in [0.717, 1.165) is 6.07 Å². The summed E-state index contributed by atoms with van der Waals surface area (Å²) in [7, 11) is -4.42. The van der Waals surface area contributed by atoms with Crippen molar-refractivity contribution in [2.75, 3.05) is 17.2 Å². The summed E-state index contributed by atoms with van der Waals surface area (Å²) < 4.78 is 31.6. The number of anilines is 2. The zero-order chi connectivity index (χ0) is 13.5. The maximum absolute atomic E-state index is 11.7. The third-order valence-corrected chi connectivity index (χ3v) is 3.82. The molecular formula is C10H11ClN2O4S.